The van der Waals surface area contributed by atoms with Crippen molar-refractivity contribution in [1.82, 2.24) is 14.4 Å². The van der Waals surface area contributed by atoms with E-state index in [2.05, 4.69) is 15.3 Å². The molecule has 0 spiro atoms. The van der Waals surface area contributed by atoms with Crippen LogP contribution in [0.1, 0.15) is 48.9 Å². The van der Waals surface area contributed by atoms with Crippen LogP contribution >= 0.6 is 0 Å². The minimum absolute atomic E-state index is 0.212. The van der Waals surface area contributed by atoms with Crippen molar-refractivity contribution < 1.29 is 17.9 Å². The highest BCUT2D eigenvalue weighted by Gasteiger charge is 2.56. The van der Waals surface area contributed by atoms with Crippen LogP contribution in [0.25, 0.3) is 16.7 Å². The molecule has 0 radical (unpaired) electrons. The van der Waals surface area contributed by atoms with Crippen molar-refractivity contribution in [3.05, 3.63) is 65.5 Å². The Kier molecular flexibility index (Phi) is 4.60. The molecule has 0 unspecified atom stereocenters. The van der Waals surface area contributed by atoms with E-state index in [1.807, 2.05) is 35.7 Å². The number of rotatable bonds is 6. The van der Waals surface area contributed by atoms with Gasteiger partial charge in [-0.2, -0.15) is 18.2 Å². The van der Waals surface area contributed by atoms with Gasteiger partial charge in [0.25, 0.3) is 0 Å². The van der Waals surface area contributed by atoms with Gasteiger partial charge in [0.15, 0.2) is 0 Å². The average Bonchev–Trinajstić information content (AvgIpc) is 3.19. The van der Waals surface area contributed by atoms with Gasteiger partial charge >= 0.3 is 6.18 Å². The Balaban J connectivity index is 1.36. The van der Waals surface area contributed by atoms with E-state index in [4.69, 9.17) is 4.74 Å². The summed E-state index contributed by atoms with van der Waals surface area (Å²) >= 11 is 0. The Labute approximate surface area is 195 Å². The Morgan fingerprint density at radius 3 is 2.71 bits per heavy atom. The molecular weight excluding hydrogens is 441 g/mol. The number of fused-ring (bicyclic) bond motifs is 3. The summed E-state index contributed by atoms with van der Waals surface area (Å²) in [5.74, 6) is 2.75. The Hall–Kier alpha value is -3.29. The molecule has 0 aliphatic heterocycles. The summed E-state index contributed by atoms with van der Waals surface area (Å²) in [5.41, 5.74) is 1.43. The van der Waals surface area contributed by atoms with Gasteiger partial charge in [0.1, 0.15) is 11.6 Å². The van der Waals surface area contributed by atoms with Crippen molar-refractivity contribution in [2.24, 2.45) is 11.3 Å². The number of benzene rings is 2. The van der Waals surface area contributed by atoms with Crippen LogP contribution in [0.2, 0.25) is 0 Å². The smallest absolute Gasteiger partial charge is 0.416 e. The van der Waals surface area contributed by atoms with E-state index in [9.17, 15) is 13.2 Å². The van der Waals surface area contributed by atoms with Crippen LogP contribution in [0.5, 0.6) is 5.75 Å². The maximum Gasteiger partial charge on any atom is 0.416 e. The molecule has 5 nitrogen and oxygen atoms in total. The summed E-state index contributed by atoms with van der Waals surface area (Å²) < 4.78 is 48.4. The maximum absolute atomic E-state index is 13.4. The van der Waals surface area contributed by atoms with Crippen molar-refractivity contribution in [2.75, 3.05) is 11.9 Å². The third kappa shape index (κ3) is 3.38. The first-order valence-electron chi connectivity index (χ1n) is 11.6. The number of anilines is 1. The van der Waals surface area contributed by atoms with Crippen LogP contribution < -0.4 is 10.1 Å². The number of hydrogen-bond acceptors (Lipinski definition) is 4. The summed E-state index contributed by atoms with van der Waals surface area (Å²) in [6, 6.07) is 9.78. The minimum atomic E-state index is -4.40. The summed E-state index contributed by atoms with van der Waals surface area (Å²) in [7, 11) is 0. The number of imidazole rings is 1. The second kappa shape index (κ2) is 7.35. The number of aromatic nitrogens is 3. The number of hydrogen-bond donors (Lipinski definition) is 1. The van der Waals surface area contributed by atoms with Gasteiger partial charge in [0.05, 0.1) is 23.7 Å². The van der Waals surface area contributed by atoms with Crippen molar-refractivity contribution in [3.8, 4) is 5.75 Å². The molecule has 0 saturated heterocycles. The fourth-order valence-electron chi connectivity index (χ4n) is 5.62. The molecule has 8 heteroatoms. The van der Waals surface area contributed by atoms with Gasteiger partial charge < -0.3 is 10.1 Å². The molecule has 1 N–H and O–H groups in total. The predicted octanol–water partition coefficient (Wildman–Crippen LogP) is 6.56. The highest BCUT2D eigenvalue weighted by atomic mass is 19.4. The van der Waals surface area contributed by atoms with Crippen LogP contribution in [-0.4, -0.2) is 21.0 Å². The Morgan fingerprint density at radius 1 is 1.21 bits per heavy atom. The molecular formula is C26H25F3N4O. The maximum atomic E-state index is 13.4. The molecule has 4 aromatic rings. The highest BCUT2D eigenvalue weighted by molar-refractivity contribution is 5.92. The molecule has 3 fully saturated rings. The molecule has 7 rings (SSSR count). The van der Waals surface area contributed by atoms with E-state index in [1.54, 1.807) is 12.3 Å². The first kappa shape index (κ1) is 21.3. The minimum Gasteiger partial charge on any atom is -0.493 e. The van der Waals surface area contributed by atoms with E-state index in [-0.39, 0.29) is 5.56 Å². The number of ether oxygens (including phenoxy) is 1. The Bertz CT molecular complexity index is 1390. The number of nitrogens with zero attached hydrogens (tertiary/aromatic N) is 3. The standard InChI is InChI=1S/C26H25F3N4O/c1-15-19(4-3-5-21(15)26(27,28)29)16(2)31-23-20-10-18(34-14-25-11-17(12-25)13-25)6-7-22(20)33-9-8-30-24(33)32-23/h3-10,16-17H,11-14H2,1-2H3,(H,30,31,32)/t16-,17?,25?/m1/s1. The van der Waals surface area contributed by atoms with E-state index in [1.165, 1.54) is 32.3 Å². The summed E-state index contributed by atoms with van der Waals surface area (Å²) in [6.45, 7) is 4.07. The van der Waals surface area contributed by atoms with Crippen LogP contribution in [0, 0.1) is 18.3 Å². The van der Waals surface area contributed by atoms with Gasteiger partial charge in [-0.15, -0.1) is 0 Å². The van der Waals surface area contributed by atoms with Gasteiger partial charge in [-0.05, 0) is 74.4 Å². The van der Waals surface area contributed by atoms with Gasteiger partial charge in [0, 0.05) is 23.2 Å². The predicted molar refractivity (Wildman–Crippen MR) is 124 cm³/mol. The van der Waals surface area contributed by atoms with Crippen molar-refractivity contribution in [2.45, 2.75) is 45.3 Å². The summed E-state index contributed by atoms with van der Waals surface area (Å²) in [5, 5.41) is 4.18. The second-order valence-corrected chi connectivity index (χ2v) is 9.89. The fourth-order valence-corrected chi connectivity index (χ4v) is 5.62. The lowest BCUT2D eigenvalue weighted by Crippen LogP contribution is -2.55. The summed E-state index contributed by atoms with van der Waals surface area (Å²) in [6.07, 6.45) is 2.91. The topological polar surface area (TPSA) is 51.5 Å². The normalized spacial score (nSPS) is 22.3. The highest BCUT2D eigenvalue weighted by Crippen LogP contribution is 2.64. The zero-order chi connectivity index (χ0) is 23.7. The third-order valence-corrected chi connectivity index (χ3v) is 7.53. The van der Waals surface area contributed by atoms with Crippen molar-refractivity contribution >= 4 is 22.5 Å². The molecule has 2 aromatic carbocycles. The molecule has 2 bridgehead atoms. The molecule has 2 aromatic heterocycles. The first-order valence-corrected chi connectivity index (χ1v) is 11.6. The first-order chi connectivity index (χ1) is 16.2. The molecule has 2 heterocycles. The van der Waals surface area contributed by atoms with Gasteiger partial charge in [-0.25, -0.2) is 4.98 Å². The lowest BCUT2D eigenvalue weighted by Gasteiger charge is -2.61. The number of alkyl halides is 3. The van der Waals surface area contributed by atoms with E-state index in [0.29, 0.717) is 22.6 Å². The van der Waals surface area contributed by atoms with E-state index < -0.39 is 17.8 Å². The second-order valence-electron chi connectivity index (χ2n) is 9.89. The lowest BCUT2D eigenvalue weighted by atomic mass is 9.45. The zero-order valence-electron chi connectivity index (χ0n) is 19.0. The third-order valence-electron chi connectivity index (χ3n) is 7.53. The monoisotopic (exact) mass is 466 g/mol. The Morgan fingerprint density at radius 2 is 2.00 bits per heavy atom. The van der Waals surface area contributed by atoms with E-state index in [0.717, 1.165) is 35.2 Å². The molecule has 34 heavy (non-hydrogen) atoms. The molecule has 3 saturated carbocycles. The molecule has 1 atom stereocenters. The average molecular weight is 467 g/mol. The van der Waals surface area contributed by atoms with Crippen LogP contribution in [-0.2, 0) is 6.18 Å². The van der Waals surface area contributed by atoms with Crippen LogP contribution in [0.15, 0.2) is 48.8 Å². The quantitative estimate of drug-likeness (QED) is 0.350. The largest absolute Gasteiger partial charge is 0.493 e. The molecule has 3 aliphatic rings. The summed E-state index contributed by atoms with van der Waals surface area (Å²) in [4.78, 5) is 9.00. The van der Waals surface area contributed by atoms with Crippen LogP contribution in [0.3, 0.4) is 0 Å². The van der Waals surface area contributed by atoms with Gasteiger partial charge in [0.2, 0.25) is 5.78 Å². The lowest BCUT2D eigenvalue weighted by molar-refractivity contribution is -0.138. The van der Waals surface area contributed by atoms with Crippen LogP contribution in [0.4, 0.5) is 19.0 Å². The van der Waals surface area contributed by atoms with Crippen molar-refractivity contribution in [3.63, 3.8) is 0 Å². The SMILES string of the molecule is Cc1c([C@@H](C)Nc2nc3nccn3c3ccc(OCC45CC(C4)C5)cc23)cccc1C(F)(F)F. The van der Waals surface area contributed by atoms with Crippen molar-refractivity contribution in [1.29, 1.82) is 0 Å². The molecule has 176 valence electrons. The zero-order valence-corrected chi connectivity index (χ0v) is 19.0. The molecule has 0 amide bonds. The number of nitrogens with one attached hydrogen (secondary N) is 1. The van der Waals surface area contributed by atoms with Gasteiger partial charge in [-0.3, -0.25) is 4.40 Å². The van der Waals surface area contributed by atoms with Gasteiger partial charge in [-0.1, -0.05) is 12.1 Å². The van der Waals surface area contributed by atoms with E-state index >= 15 is 0 Å². The fraction of sp³-hybridized carbons (Fsp3) is 0.385. The number of halogens is 3. The molecule has 3 aliphatic carbocycles.